The molecule has 1 saturated heterocycles. The number of nitrogens with zero attached hydrogens (tertiary/aromatic N) is 6. The lowest BCUT2D eigenvalue weighted by atomic mass is 10.2. The van der Waals surface area contributed by atoms with Gasteiger partial charge in [0.15, 0.2) is 17.3 Å². The van der Waals surface area contributed by atoms with E-state index >= 15 is 0 Å². The summed E-state index contributed by atoms with van der Waals surface area (Å²) in [5.74, 6) is 1.94. The van der Waals surface area contributed by atoms with E-state index in [0.29, 0.717) is 37.0 Å². The van der Waals surface area contributed by atoms with Crippen LogP contribution in [0.2, 0.25) is 0 Å². The second-order valence-corrected chi connectivity index (χ2v) is 5.78. The van der Waals surface area contributed by atoms with Gasteiger partial charge in [0.25, 0.3) is 5.91 Å². The van der Waals surface area contributed by atoms with E-state index in [2.05, 4.69) is 25.4 Å². The fourth-order valence-corrected chi connectivity index (χ4v) is 2.44. The summed E-state index contributed by atoms with van der Waals surface area (Å²) in [6.07, 6.45) is 0.448. The average molecular weight is 331 g/mol. The molecule has 1 atom stereocenters. The molecule has 0 unspecified atom stereocenters. The Bertz CT molecular complexity index is 698. The maximum atomic E-state index is 12.6. The van der Waals surface area contributed by atoms with Gasteiger partial charge in [0, 0.05) is 27.1 Å². The fraction of sp³-hybridized carbons (Fsp3) is 0.533. The molecule has 0 bridgehead atoms. The quantitative estimate of drug-likeness (QED) is 0.867. The molecule has 0 saturated carbocycles. The lowest BCUT2D eigenvalue weighted by molar-refractivity contribution is -0.0269. The van der Waals surface area contributed by atoms with Gasteiger partial charge >= 0.3 is 0 Å². The third-order valence-electron chi connectivity index (χ3n) is 3.85. The van der Waals surface area contributed by atoms with Crippen LogP contribution in [0.5, 0.6) is 0 Å². The number of aromatic nitrogens is 5. The standard InChI is InChI=1S/C15H21N7O2/c1-4-12-16-14(20-18-12)11-9-22(7-8-24-11)15(23)10-5-6-13(19-17-10)21(2)3/h5-6,11H,4,7-9H2,1-3H3,(H,16,18,20)/t11-/m0/s1. The molecule has 0 spiro atoms. The highest BCUT2D eigenvalue weighted by molar-refractivity contribution is 5.92. The van der Waals surface area contributed by atoms with Crippen molar-refractivity contribution in [2.45, 2.75) is 19.4 Å². The van der Waals surface area contributed by atoms with E-state index < -0.39 is 0 Å². The van der Waals surface area contributed by atoms with Crippen LogP contribution in [0.3, 0.4) is 0 Å². The molecule has 9 nitrogen and oxygen atoms in total. The van der Waals surface area contributed by atoms with Gasteiger partial charge < -0.3 is 14.5 Å². The number of H-pyrrole nitrogens is 1. The first kappa shape index (κ1) is 16.3. The monoisotopic (exact) mass is 331 g/mol. The summed E-state index contributed by atoms with van der Waals surface area (Å²) in [4.78, 5) is 20.5. The molecular formula is C15H21N7O2. The highest BCUT2D eigenvalue weighted by Gasteiger charge is 2.29. The summed E-state index contributed by atoms with van der Waals surface area (Å²) in [6.45, 7) is 3.35. The number of hydrogen-bond acceptors (Lipinski definition) is 7. The Morgan fingerprint density at radius 1 is 1.42 bits per heavy atom. The summed E-state index contributed by atoms with van der Waals surface area (Å²) in [7, 11) is 3.75. The van der Waals surface area contributed by atoms with Crippen LogP contribution in [-0.2, 0) is 11.2 Å². The number of rotatable bonds is 4. The van der Waals surface area contributed by atoms with Crippen molar-refractivity contribution in [3.05, 3.63) is 29.5 Å². The van der Waals surface area contributed by atoms with Crippen LogP contribution in [0.4, 0.5) is 5.82 Å². The maximum absolute atomic E-state index is 12.6. The lowest BCUT2D eigenvalue weighted by Crippen LogP contribution is -2.43. The van der Waals surface area contributed by atoms with E-state index in [4.69, 9.17) is 4.74 Å². The first-order chi connectivity index (χ1) is 11.6. The number of amides is 1. The number of hydrogen-bond donors (Lipinski definition) is 1. The van der Waals surface area contributed by atoms with E-state index in [1.807, 2.05) is 25.9 Å². The number of aromatic amines is 1. The molecule has 1 aliphatic heterocycles. The molecule has 1 fully saturated rings. The van der Waals surface area contributed by atoms with Gasteiger partial charge in [0.1, 0.15) is 11.9 Å². The molecule has 24 heavy (non-hydrogen) atoms. The van der Waals surface area contributed by atoms with Crippen LogP contribution < -0.4 is 4.90 Å². The van der Waals surface area contributed by atoms with Gasteiger partial charge in [0.2, 0.25) is 0 Å². The van der Waals surface area contributed by atoms with Gasteiger partial charge in [-0.2, -0.15) is 5.10 Å². The van der Waals surface area contributed by atoms with Crippen molar-refractivity contribution in [1.82, 2.24) is 30.3 Å². The number of nitrogens with one attached hydrogen (secondary N) is 1. The Labute approximate surface area is 140 Å². The lowest BCUT2D eigenvalue weighted by Gasteiger charge is -2.31. The maximum Gasteiger partial charge on any atom is 0.274 e. The van der Waals surface area contributed by atoms with Gasteiger partial charge in [-0.05, 0) is 12.1 Å². The van der Waals surface area contributed by atoms with Crippen molar-refractivity contribution in [3.63, 3.8) is 0 Å². The summed E-state index contributed by atoms with van der Waals surface area (Å²) in [5, 5.41) is 15.1. The smallest absolute Gasteiger partial charge is 0.274 e. The predicted molar refractivity (Wildman–Crippen MR) is 86.7 cm³/mol. The number of carbonyl (C=O) groups is 1. The summed E-state index contributed by atoms with van der Waals surface area (Å²) in [6, 6.07) is 3.47. The molecule has 3 heterocycles. The number of carbonyl (C=O) groups excluding carboxylic acids is 1. The summed E-state index contributed by atoms with van der Waals surface area (Å²) in [5.41, 5.74) is 0.325. The van der Waals surface area contributed by atoms with Crippen LogP contribution in [0, 0.1) is 0 Å². The van der Waals surface area contributed by atoms with E-state index in [1.165, 1.54) is 0 Å². The van der Waals surface area contributed by atoms with Crippen LogP contribution in [0.25, 0.3) is 0 Å². The zero-order valence-electron chi connectivity index (χ0n) is 14.1. The fourth-order valence-electron chi connectivity index (χ4n) is 2.44. The predicted octanol–water partition coefficient (Wildman–Crippen LogP) is 0.437. The van der Waals surface area contributed by atoms with Crippen molar-refractivity contribution in [2.24, 2.45) is 0 Å². The molecule has 9 heteroatoms. The van der Waals surface area contributed by atoms with E-state index in [-0.39, 0.29) is 12.0 Å². The molecule has 1 amide bonds. The van der Waals surface area contributed by atoms with Crippen LogP contribution in [0.1, 0.15) is 35.2 Å². The third-order valence-corrected chi connectivity index (χ3v) is 3.85. The Morgan fingerprint density at radius 2 is 2.25 bits per heavy atom. The van der Waals surface area contributed by atoms with E-state index in [0.717, 1.165) is 12.2 Å². The molecule has 3 rings (SSSR count). The zero-order chi connectivity index (χ0) is 17.1. The first-order valence-electron chi connectivity index (χ1n) is 7.91. The van der Waals surface area contributed by atoms with E-state index in [1.54, 1.807) is 17.0 Å². The van der Waals surface area contributed by atoms with Crippen molar-refractivity contribution in [3.8, 4) is 0 Å². The minimum Gasteiger partial charge on any atom is -0.366 e. The van der Waals surface area contributed by atoms with Crippen molar-refractivity contribution in [2.75, 3.05) is 38.7 Å². The van der Waals surface area contributed by atoms with Gasteiger partial charge in [-0.15, -0.1) is 10.2 Å². The molecule has 2 aromatic rings. The zero-order valence-corrected chi connectivity index (χ0v) is 14.1. The Hall–Kier alpha value is -2.55. The summed E-state index contributed by atoms with van der Waals surface area (Å²) < 4.78 is 5.71. The number of morpholine rings is 1. The number of ether oxygens (including phenoxy) is 1. The SMILES string of the molecule is CCc1nc([C@@H]2CN(C(=O)c3ccc(N(C)C)nn3)CCO2)n[nH]1. The molecular weight excluding hydrogens is 310 g/mol. The minimum absolute atomic E-state index is 0.160. The third kappa shape index (κ3) is 3.35. The Kier molecular flexibility index (Phi) is 4.70. The first-order valence-corrected chi connectivity index (χ1v) is 7.91. The largest absolute Gasteiger partial charge is 0.366 e. The molecule has 0 aliphatic carbocycles. The van der Waals surface area contributed by atoms with Gasteiger partial charge in [-0.25, -0.2) is 4.98 Å². The van der Waals surface area contributed by atoms with Crippen molar-refractivity contribution >= 4 is 11.7 Å². The van der Waals surface area contributed by atoms with Crippen LogP contribution in [0.15, 0.2) is 12.1 Å². The highest BCUT2D eigenvalue weighted by atomic mass is 16.5. The number of anilines is 1. The molecule has 0 radical (unpaired) electrons. The Morgan fingerprint density at radius 3 is 2.88 bits per heavy atom. The van der Waals surface area contributed by atoms with Crippen molar-refractivity contribution in [1.29, 1.82) is 0 Å². The van der Waals surface area contributed by atoms with Crippen LogP contribution in [-0.4, -0.2) is 70.0 Å². The Balaban J connectivity index is 1.70. The van der Waals surface area contributed by atoms with Gasteiger partial charge in [-0.3, -0.25) is 9.89 Å². The second kappa shape index (κ2) is 6.91. The van der Waals surface area contributed by atoms with Crippen LogP contribution >= 0.6 is 0 Å². The molecule has 1 N–H and O–H groups in total. The van der Waals surface area contributed by atoms with Gasteiger partial charge in [0.05, 0.1) is 13.2 Å². The highest BCUT2D eigenvalue weighted by Crippen LogP contribution is 2.20. The second-order valence-electron chi connectivity index (χ2n) is 5.78. The van der Waals surface area contributed by atoms with Crippen molar-refractivity contribution < 1.29 is 9.53 Å². The average Bonchev–Trinajstić information content (AvgIpc) is 3.10. The molecule has 0 aromatic carbocycles. The molecule has 2 aromatic heterocycles. The summed E-state index contributed by atoms with van der Waals surface area (Å²) >= 11 is 0. The minimum atomic E-state index is -0.326. The molecule has 128 valence electrons. The van der Waals surface area contributed by atoms with Gasteiger partial charge in [-0.1, -0.05) is 6.92 Å². The van der Waals surface area contributed by atoms with E-state index in [9.17, 15) is 4.79 Å². The molecule has 1 aliphatic rings. The number of aryl methyl sites for hydroxylation is 1. The topological polar surface area (TPSA) is 100 Å². The normalized spacial score (nSPS) is 17.8.